The number of esters is 1. The molecule has 2 aromatic carbocycles. The maximum Gasteiger partial charge on any atom is 0.333 e. The number of ether oxygens (including phenoxy) is 1. The number of aromatic hydroxyl groups is 1. The first-order valence-corrected chi connectivity index (χ1v) is 25.8. The number of cyclic esters (lactones) is 1. The second-order valence-electron chi connectivity index (χ2n) is 19.4. The van der Waals surface area contributed by atoms with Crippen LogP contribution in [-0.2, 0) is 44.7 Å². The number of pyridine rings is 1. The van der Waals surface area contributed by atoms with Gasteiger partial charge in [0.15, 0.2) is 11.7 Å². The van der Waals surface area contributed by atoms with Crippen molar-refractivity contribution in [3.63, 3.8) is 0 Å². The number of ketones is 1. The van der Waals surface area contributed by atoms with Crippen molar-refractivity contribution in [2.75, 3.05) is 65.0 Å². The van der Waals surface area contributed by atoms with Crippen molar-refractivity contribution in [1.82, 2.24) is 40.5 Å². The van der Waals surface area contributed by atoms with Gasteiger partial charge in [-0.3, -0.25) is 33.6 Å². The number of hydrogen-bond donors (Lipinski definition) is 4. The number of likely N-dealkylation sites (tertiary alicyclic amines) is 1. The molecule has 386 valence electrons. The van der Waals surface area contributed by atoms with E-state index in [2.05, 4.69) is 32.9 Å². The summed E-state index contributed by atoms with van der Waals surface area (Å²) in [6, 6.07) is 10.2. The maximum absolute atomic E-state index is 15.6. The Kier molecular flexibility index (Phi) is 17.6. The lowest BCUT2D eigenvalue weighted by Crippen LogP contribution is -2.63. The van der Waals surface area contributed by atoms with Crippen LogP contribution in [0.2, 0.25) is 0 Å². The zero-order valence-corrected chi connectivity index (χ0v) is 42.6. The minimum Gasteiger partial charge on any atom is -0.505 e. The van der Waals surface area contributed by atoms with E-state index >= 15 is 9.59 Å². The number of carbonyl (C=O) groups is 8. The van der Waals surface area contributed by atoms with E-state index in [1.807, 2.05) is 43.3 Å². The van der Waals surface area contributed by atoms with Gasteiger partial charge in [0.25, 0.3) is 5.91 Å². The first kappa shape index (κ1) is 53.3. The highest BCUT2D eigenvalue weighted by atomic mass is 32.2. The average Bonchev–Trinajstić information content (AvgIpc) is 3.87. The maximum atomic E-state index is 15.6. The van der Waals surface area contributed by atoms with E-state index in [0.717, 1.165) is 37.2 Å². The van der Waals surface area contributed by atoms with Crippen molar-refractivity contribution < 1.29 is 48.2 Å². The van der Waals surface area contributed by atoms with Crippen molar-refractivity contribution in [1.29, 1.82) is 0 Å². The van der Waals surface area contributed by atoms with E-state index < -0.39 is 101 Å². The van der Waals surface area contributed by atoms with Gasteiger partial charge in [0, 0.05) is 75.9 Å². The molecule has 72 heavy (non-hydrogen) atoms. The number of piperidine rings is 2. The molecule has 4 fully saturated rings. The van der Waals surface area contributed by atoms with Gasteiger partial charge in [-0.25, -0.2) is 9.78 Å². The number of thioether (sulfide) groups is 1. The predicted molar refractivity (Wildman–Crippen MR) is 270 cm³/mol. The average molecular weight is 1010 g/mol. The molecule has 3 aromatic rings. The number of benzene rings is 2. The summed E-state index contributed by atoms with van der Waals surface area (Å²) >= 11 is 1.69. The Hall–Kier alpha value is -6.54. The molecule has 4 aliphatic heterocycles. The molecule has 0 bridgehead atoms. The molecule has 19 nitrogen and oxygen atoms in total. The number of likely N-dealkylation sites (N-methyl/N-ethyl adjacent to an activating group) is 1. The third-order valence-corrected chi connectivity index (χ3v) is 15.8. The van der Waals surface area contributed by atoms with E-state index in [4.69, 9.17) is 4.74 Å². The van der Waals surface area contributed by atoms with E-state index in [1.54, 1.807) is 49.0 Å². The molecular formula is C52H67N9O10S. The highest BCUT2D eigenvalue weighted by molar-refractivity contribution is 7.99. The van der Waals surface area contributed by atoms with Gasteiger partial charge in [0.2, 0.25) is 29.5 Å². The summed E-state index contributed by atoms with van der Waals surface area (Å²) in [5.41, 5.74) is 1.47. The molecule has 4 saturated heterocycles. The summed E-state index contributed by atoms with van der Waals surface area (Å²) < 4.78 is 5.96. The van der Waals surface area contributed by atoms with Gasteiger partial charge in [-0.1, -0.05) is 49.4 Å². The van der Waals surface area contributed by atoms with E-state index in [9.17, 15) is 33.9 Å². The standard InChI is InChI=1S/C52H67N9O10S/c1-7-37-49(67)60-24-12-15-38(60)50(68)59(6)40(27-32-17-19-35(20-18-32)57(3)4)51(69)61-29-34(30-72-36-21-25-58(5)26-22-36)42(63)28-39(61)46(64)56-44(33-13-9-8-10-14-33)52(70)71-31(2)43(47(65)54-37)55-48(66)45-41(62)16-11-23-53-45/h8-11,13-14,16-20,23,31,34,36-40,43-44,62H,7,12,15,21-22,24-30H2,1-6H3,(H,54,65)(H,55,66)(H,56,64)/t31-,34+,37-,38+,39+,40+,43+,44+/m1/s1. The Morgan fingerprint density at radius 1 is 0.847 bits per heavy atom. The fourth-order valence-electron chi connectivity index (χ4n) is 9.83. The summed E-state index contributed by atoms with van der Waals surface area (Å²) in [6.45, 7) is 4.90. The number of amides is 6. The number of rotatable bonds is 10. The highest BCUT2D eigenvalue weighted by Crippen LogP contribution is 2.32. The van der Waals surface area contributed by atoms with Crippen LogP contribution in [0.5, 0.6) is 5.75 Å². The fourth-order valence-corrected chi connectivity index (χ4v) is 11.2. The number of Topliss-reactive ketones (excluding diaryl/α,β-unsaturated/α-hetero) is 1. The Balaban J connectivity index is 1.31. The lowest BCUT2D eigenvalue weighted by Gasteiger charge is -2.42. The normalized spacial score (nSPS) is 26.6. The molecule has 4 aliphatic rings. The molecule has 8 atom stereocenters. The summed E-state index contributed by atoms with van der Waals surface area (Å²) in [5, 5.41) is 18.8. The topological polar surface area (TPSA) is 231 Å². The number of fused-ring (bicyclic) bond motifs is 2. The van der Waals surface area contributed by atoms with Crippen LogP contribution >= 0.6 is 11.8 Å². The van der Waals surface area contributed by atoms with Crippen LogP contribution in [-0.4, -0.2) is 179 Å². The third-order valence-electron chi connectivity index (χ3n) is 14.3. The first-order valence-electron chi connectivity index (χ1n) is 24.7. The van der Waals surface area contributed by atoms with Crippen molar-refractivity contribution in [2.45, 2.75) is 106 Å². The number of aromatic nitrogens is 1. The first-order chi connectivity index (χ1) is 34.4. The van der Waals surface area contributed by atoms with E-state index in [-0.39, 0.29) is 50.1 Å². The summed E-state index contributed by atoms with van der Waals surface area (Å²) in [6.07, 6.45) is 2.09. The van der Waals surface area contributed by atoms with Gasteiger partial charge in [-0.15, -0.1) is 0 Å². The molecule has 7 rings (SSSR count). The van der Waals surface area contributed by atoms with Gasteiger partial charge in [0.1, 0.15) is 47.8 Å². The second kappa shape index (κ2) is 23.8. The fraction of sp³-hybridized carbons (Fsp3) is 0.519. The molecule has 6 amide bonds. The summed E-state index contributed by atoms with van der Waals surface area (Å²) in [7, 11) is 7.39. The molecule has 0 unspecified atom stereocenters. The lowest BCUT2D eigenvalue weighted by molar-refractivity contribution is -0.157. The van der Waals surface area contributed by atoms with Crippen molar-refractivity contribution >= 4 is 64.6 Å². The van der Waals surface area contributed by atoms with Crippen LogP contribution < -0.4 is 20.9 Å². The van der Waals surface area contributed by atoms with E-state index in [1.165, 1.54) is 47.0 Å². The zero-order chi connectivity index (χ0) is 51.8. The monoisotopic (exact) mass is 1010 g/mol. The molecule has 0 saturated carbocycles. The molecule has 0 radical (unpaired) electrons. The van der Waals surface area contributed by atoms with Gasteiger partial charge < -0.3 is 50.3 Å². The van der Waals surface area contributed by atoms with Gasteiger partial charge in [-0.2, -0.15) is 11.8 Å². The molecule has 0 aliphatic carbocycles. The van der Waals surface area contributed by atoms with Crippen molar-refractivity contribution in [2.24, 2.45) is 5.92 Å². The predicted octanol–water partition coefficient (Wildman–Crippen LogP) is 2.32. The lowest BCUT2D eigenvalue weighted by atomic mass is 9.90. The SMILES string of the molecule is CC[C@H]1NC(=O)[C@@H](NC(=O)c2ncccc2O)[C@@H](C)OC(=O)[C@H](c2ccccc2)NC(=O)[C@@H]2CC(=O)[C@H](CSC3CCN(C)CC3)CN2C(=O)[C@H](Cc2ccc(N(C)C)cc2)N(C)C(=O)[C@@H]2CCCN2C1=O. The minimum absolute atomic E-state index is 0.0249. The van der Waals surface area contributed by atoms with Crippen LogP contribution in [0.15, 0.2) is 72.9 Å². The van der Waals surface area contributed by atoms with Crippen LogP contribution in [0.25, 0.3) is 0 Å². The number of anilines is 1. The van der Waals surface area contributed by atoms with Crippen LogP contribution in [0.3, 0.4) is 0 Å². The second-order valence-corrected chi connectivity index (χ2v) is 20.7. The Morgan fingerprint density at radius 3 is 2.22 bits per heavy atom. The summed E-state index contributed by atoms with van der Waals surface area (Å²) in [5.74, 6) is -6.42. The van der Waals surface area contributed by atoms with Crippen LogP contribution in [0.4, 0.5) is 5.69 Å². The Bertz CT molecular complexity index is 2470. The quantitative estimate of drug-likeness (QED) is 0.214. The zero-order valence-electron chi connectivity index (χ0n) is 41.8. The molecule has 1 aromatic heterocycles. The number of hydrogen-bond acceptors (Lipinski definition) is 14. The number of nitrogens with zero attached hydrogens (tertiary/aromatic N) is 6. The van der Waals surface area contributed by atoms with Gasteiger partial charge in [0.05, 0.1) is 0 Å². The molecule has 4 N–H and O–H groups in total. The minimum atomic E-state index is -1.69. The molecule has 20 heteroatoms. The summed E-state index contributed by atoms with van der Waals surface area (Å²) in [4.78, 5) is 129. The number of carbonyl (C=O) groups excluding carboxylic acids is 8. The smallest absolute Gasteiger partial charge is 0.333 e. The molecule has 5 heterocycles. The number of nitrogens with one attached hydrogen (secondary N) is 3. The largest absolute Gasteiger partial charge is 0.505 e. The van der Waals surface area contributed by atoms with Gasteiger partial charge in [-0.05, 0) is 94.6 Å². The third kappa shape index (κ3) is 12.4. The van der Waals surface area contributed by atoms with Crippen molar-refractivity contribution in [3.05, 3.63) is 89.7 Å². The highest BCUT2D eigenvalue weighted by Gasteiger charge is 2.47. The van der Waals surface area contributed by atoms with Crippen LogP contribution in [0.1, 0.15) is 80.0 Å². The molecule has 0 spiro atoms. The Morgan fingerprint density at radius 2 is 1.56 bits per heavy atom. The van der Waals surface area contributed by atoms with Gasteiger partial charge >= 0.3 is 5.97 Å². The van der Waals surface area contributed by atoms with Crippen molar-refractivity contribution in [3.8, 4) is 5.75 Å². The van der Waals surface area contributed by atoms with E-state index in [0.29, 0.717) is 17.4 Å². The van der Waals surface area contributed by atoms with Crippen LogP contribution in [0, 0.1) is 5.92 Å². The Labute approximate surface area is 424 Å². The molecular weight excluding hydrogens is 943 g/mol.